The van der Waals surface area contributed by atoms with Crippen molar-refractivity contribution < 1.29 is 22.0 Å². The van der Waals surface area contributed by atoms with E-state index in [9.17, 15) is 22.0 Å². The maximum atomic E-state index is 14.1. The number of pyridine rings is 1. The Kier molecular flexibility index (Phi) is 5.49. The highest BCUT2D eigenvalue weighted by Gasteiger charge is 2.44. The van der Waals surface area contributed by atoms with Crippen LogP contribution >= 0.6 is 0 Å². The summed E-state index contributed by atoms with van der Waals surface area (Å²) in [6.07, 6.45) is -0.618. The summed E-state index contributed by atoms with van der Waals surface area (Å²) in [6.45, 7) is 2.48. The van der Waals surface area contributed by atoms with Crippen molar-refractivity contribution in [1.82, 2.24) is 15.4 Å². The summed E-state index contributed by atoms with van der Waals surface area (Å²) in [4.78, 5) is 16.8. The number of hydrazine groups is 1. The van der Waals surface area contributed by atoms with Gasteiger partial charge < -0.3 is 4.90 Å². The quantitative estimate of drug-likeness (QED) is 0.639. The van der Waals surface area contributed by atoms with Crippen molar-refractivity contribution in [2.45, 2.75) is 31.5 Å². The molecule has 36 heavy (non-hydrogen) atoms. The highest BCUT2D eigenvalue weighted by Crippen LogP contribution is 2.41. The van der Waals surface area contributed by atoms with Crippen LogP contribution in [0.2, 0.25) is 0 Å². The van der Waals surface area contributed by atoms with Gasteiger partial charge in [0, 0.05) is 44.1 Å². The average Bonchev–Trinajstić information content (AvgIpc) is 3.32. The average molecular weight is 505 g/mol. The highest BCUT2D eigenvalue weighted by molar-refractivity contribution is 6.21. The van der Waals surface area contributed by atoms with Crippen LogP contribution in [0.3, 0.4) is 0 Å². The van der Waals surface area contributed by atoms with E-state index in [1.165, 1.54) is 12.3 Å². The molecule has 2 saturated heterocycles. The molecule has 6 rings (SSSR count). The lowest BCUT2D eigenvalue weighted by molar-refractivity contribution is -0.141. The first-order chi connectivity index (χ1) is 17.3. The molecular weight excluding hydrogens is 481 g/mol. The van der Waals surface area contributed by atoms with Gasteiger partial charge in [-0.3, -0.25) is 20.4 Å². The smallest absolute Gasteiger partial charge is 0.371 e. The van der Waals surface area contributed by atoms with E-state index in [0.29, 0.717) is 49.5 Å². The molecule has 1 aliphatic carbocycles. The number of benzene rings is 1. The number of anilines is 2. The number of nitrogens with zero attached hydrogens (tertiary/aromatic N) is 6. The molecule has 2 atom stereocenters. The number of nitrogens with one attached hydrogen (secondary N) is 1. The van der Waals surface area contributed by atoms with Crippen molar-refractivity contribution in [2.75, 3.05) is 36.0 Å². The van der Waals surface area contributed by atoms with Crippen molar-refractivity contribution in [2.24, 2.45) is 21.8 Å². The first-order valence-corrected chi connectivity index (χ1v) is 12.0. The Morgan fingerprint density at radius 3 is 2.47 bits per heavy atom. The summed E-state index contributed by atoms with van der Waals surface area (Å²) in [7, 11) is 0. The number of hydrogen-bond acceptors (Lipinski definition) is 5. The minimum absolute atomic E-state index is 0.0533. The number of aliphatic imine (C=N–C) groups is 2. The maximum Gasteiger partial charge on any atom is 0.433 e. The second kappa shape index (κ2) is 8.59. The number of guanidine groups is 2. The third-order valence-electron chi connectivity index (χ3n) is 7.30. The molecule has 7 nitrogen and oxygen atoms in total. The van der Waals surface area contributed by atoms with Gasteiger partial charge in [-0.2, -0.15) is 13.2 Å². The van der Waals surface area contributed by atoms with Crippen LogP contribution in [0.25, 0.3) is 0 Å². The van der Waals surface area contributed by atoms with Gasteiger partial charge in [-0.1, -0.05) is 0 Å². The molecule has 1 N–H and O–H groups in total. The van der Waals surface area contributed by atoms with E-state index in [2.05, 4.69) is 15.4 Å². The van der Waals surface area contributed by atoms with E-state index in [0.717, 1.165) is 37.5 Å². The summed E-state index contributed by atoms with van der Waals surface area (Å²) in [5.41, 5.74) is 3.30. The first-order valence-electron chi connectivity index (χ1n) is 12.0. The molecular formula is C24H24F5N7. The fourth-order valence-corrected chi connectivity index (χ4v) is 5.63. The minimum Gasteiger partial charge on any atom is -0.371 e. The molecule has 1 aromatic heterocycles. The number of hydrogen-bond donors (Lipinski definition) is 1. The molecule has 0 spiro atoms. The Balaban J connectivity index is 1.28. The number of halogens is 5. The summed E-state index contributed by atoms with van der Waals surface area (Å²) in [5.74, 6) is -0.501. The van der Waals surface area contributed by atoms with Gasteiger partial charge in [0.25, 0.3) is 0 Å². The number of piperidine rings is 1. The summed E-state index contributed by atoms with van der Waals surface area (Å²) in [6, 6.07) is 6.37. The topological polar surface area (TPSA) is 59.4 Å². The lowest BCUT2D eigenvalue weighted by Crippen LogP contribution is -2.46. The monoisotopic (exact) mass is 505 g/mol. The van der Waals surface area contributed by atoms with E-state index >= 15 is 0 Å². The lowest BCUT2D eigenvalue weighted by Gasteiger charge is -2.38. The SMILES string of the molecule is Fc1ccc(N2C(=NC3C4CCC3CN(c3ccnc(C(F)(F)F)c3)C4)NN3CCCN=C32)cc1F. The molecule has 2 bridgehead atoms. The zero-order valence-electron chi connectivity index (χ0n) is 19.2. The zero-order valence-corrected chi connectivity index (χ0v) is 19.2. The van der Waals surface area contributed by atoms with E-state index in [1.54, 1.807) is 11.0 Å². The number of rotatable bonds is 3. The van der Waals surface area contributed by atoms with Gasteiger partial charge in [0.05, 0.1) is 11.7 Å². The van der Waals surface area contributed by atoms with Crippen molar-refractivity contribution >= 4 is 23.3 Å². The molecule has 0 radical (unpaired) electrons. The summed E-state index contributed by atoms with van der Waals surface area (Å²) < 4.78 is 67.2. The van der Waals surface area contributed by atoms with Gasteiger partial charge in [0.2, 0.25) is 11.9 Å². The van der Waals surface area contributed by atoms with Crippen LogP contribution in [0.5, 0.6) is 0 Å². The second-order valence-corrected chi connectivity index (χ2v) is 9.58. The Labute approximate surface area is 204 Å². The zero-order chi connectivity index (χ0) is 25.0. The van der Waals surface area contributed by atoms with Crippen LogP contribution < -0.4 is 15.2 Å². The van der Waals surface area contributed by atoms with Crippen LogP contribution in [0, 0.1) is 23.5 Å². The predicted molar refractivity (Wildman–Crippen MR) is 124 cm³/mol. The van der Waals surface area contributed by atoms with E-state index in [1.807, 2.05) is 9.91 Å². The molecule has 2 aromatic rings. The Morgan fingerprint density at radius 2 is 1.75 bits per heavy atom. The van der Waals surface area contributed by atoms with E-state index < -0.39 is 23.5 Å². The van der Waals surface area contributed by atoms with Gasteiger partial charge in [0.15, 0.2) is 11.6 Å². The van der Waals surface area contributed by atoms with Gasteiger partial charge in [-0.25, -0.2) is 18.7 Å². The van der Waals surface area contributed by atoms with Gasteiger partial charge >= 0.3 is 6.18 Å². The van der Waals surface area contributed by atoms with E-state index in [-0.39, 0.29) is 17.9 Å². The molecule has 3 fully saturated rings. The highest BCUT2D eigenvalue weighted by atomic mass is 19.4. The van der Waals surface area contributed by atoms with Gasteiger partial charge in [0.1, 0.15) is 5.69 Å². The van der Waals surface area contributed by atoms with Crippen LogP contribution in [-0.2, 0) is 6.18 Å². The van der Waals surface area contributed by atoms with E-state index in [4.69, 9.17) is 4.99 Å². The molecule has 2 unspecified atom stereocenters. The van der Waals surface area contributed by atoms with Crippen LogP contribution in [0.1, 0.15) is 25.0 Å². The Morgan fingerprint density at radius 1 is 0.972 bits per heavy atom. The summed E-state index contributed by atoms with van der Waals surface area (Å²) in [5, 5.41) is 1.86. The molecule has 4 aliphatic rings. The first kappa shape index (κ1) is 23.0. The fraction of sp³-hybridized carbons (Fsp3) is 0.458. The third kappa shape index (κ3) is 4.01. The Hall–Kier alpha value is -3.44. The minimum atomic E-state index is -4.49. The largest absolute Gasteiger partial charge is 0.433 e. The van der Waals surface area contributed by atoms with Crippen LogP contribution in [0.4, 0.5) is 33.3 Å². The molecule has 1 saturated carbocycles. The van der Waals surface area contributed by atoms with Crippen molar-refractivity contribution in [3.05, 3.63) is 53.9 Å². The molecule has 12 heteroatoms. The number of fused-ring (bicyclic) bond motifs is 3. The normalized spacial score (nSPS) is 26.8. The summed E-state index contributed by atoms with van der Waals surface area (Å²) >= 11 is 0. The maximum absolute atomic E-state index is 14.1. The van der Waals surface area contributed by atoms with Crippen LogP contribution in [-0.4, -0.2) is 54.1 Å². The van der Waals surface area contributed by atoms with Crippen molar-refractivity contribution in [3.8, 4) is 0 Å². The molecule has 3 aliphatic heterocycles. The second-order valence-electron chi connectivity index (χ2n) is 9.58. The van der Waals surface area contributed by atoms with Crippen LogP contribution in [0.15, 0.2) is 46.5 Å². The number of aromatic nitrogens is 1. The van der Waals surface area contributed by atoms with Crippen molar-refractivity contribution in [3.63, 3.8) is 0 Å². The van der Waals surface area contributed by atoms with Crippen molar-refractivity contribution in [1.29, 1.82) is 0 Å². The fourth-order valence-electron chi connectivity index (χ4n) is 5.63. The molecule has 190 valence electrons. The molecule has 1 aromatic carbocycles. The molecule has 0 amide bonds. The Bertz CT molecular complexity index is 1220. The van der Waals surface area contributed by atoms with Gasteiger partial charge in [-0.05, 0) is 55.4 Å². The third-order valence-corrected chi connectivity index (χ3v) is 7.30. The molecule has 4 heterocycles. The van der Waals surface area contributed by atoms with Gasteiger partial charge in [-0.15, -0.1) is 0 Å². The standard InChI is InChI=1S/C24H24F5N7/c25-18-5-4-17(10-19(18)26)36-22(33-35-9-1-7-31-23(35)36)32-21-14-2-3-15(21)13-34(12-14)16-6-8-30-20(11-16)24(27,28)29/h4-6,8,10-11,14-15,21H,1-3,7,9,12-13H2,(H,32,33). The lowest BCUT2D eigenvalue weighted by atomic mass is 9.92. The number of alkyl halides is 3. The predicted octanol–water partition coefficient (Wildman–Crippen LogP) is 4.04.